The maximum Gasteiger partial charge on any atom is 0.276 e. The van der Waals surface area contributed by atoms with E-state index in [1.54, 1.807) is 12.1 Å². The van der Waals surface area contributed by atoms with Crippen LogP contribution in [0.4, 0.5) is 5.69 Å². The van der Waals surface area contributed by atoms with Crippen LogP contribution in [0.5, 0.6) is 5.75 Å². The van der Waals surface area contributed by atoms with E-state index in [0.717, 1.165) is 0 Å². The predicted octanol–water partition coefficient (Wildman–Crippen LogP) is 4.05. The summed E-state index contributed by atoms with van der Waals surface area (Å²) in [5.41, 5.74) is 0.426. The number of hydrogen-bond acceptors (Lipinski definition) is 2. The van der Waals surface area contributed by atoms with Crippen molar-refractivity contribution in [2.75, 3.05) is 11.9 Å². The SMILES string of the molecule is CCOc1ccc(NC(=O)C(Cl)(Cl)Cl)cc1Cl. The minimum Gasteiger partial charge on any atom is -0.492 e. The first-order valence-corrected chi connectivity index (χ1v) is 6.16. The van der Waals surface area contributed by atoms with Gasteiger partial charge in [-0.15, -0.1) is 0 Å². The van der Waals surface area contributed by atoms with E-state index < -0.39 is 9.70 Å². The lowest BCUT2D eigenvalue weighted by Gasteiger charge is -2.12. The van der Waals surface area contributed by atoms with Crippen LogP contribution in [0.1, 0.15) is 6.92 Å². The van der Waals surface area contributed by atoms with Gasteiger partial charge in [0.2, 0.25) is 0 Å². The predicted molar refractivity (Wildman–Crippen MR) is 71.5 cm³/mol. The number of nitrogens with one attached hydrogen (secondary N) is 1. The number of amides is 1. The standard InChI is InChI=1S/C10H9Cl4NO2/c1-2-17-8-4-3-6(5-7(8)11)15-9(16)10(12,13)14/h3-5H,2H2,1H3,(H,15,16). The van der Waals surface area contributed by atoms with Crippen LogP contribution < -0.4 is 10.1 Å². The molecule has 0 spiro atoms. The molecule has 0 heterocycles. The minimum atomic E-state index is -2.01. The van der Waals surface area contributed by atoms with E-state index >= 15 is 0 Å². The van der Waals surface area contributed by atoms with Crippen LogP contribution in [0.15, 0.2) is 18.2 Å². The summed E-state index contributed by atoms with van der Waals surface area (Å²) in [7, 11) is 0. The molecule has 0 aliphatic heterocycles. The van der Waals surface area contributed by atoms with Crippen LogP contribution in [-0.4, -0.2) is 16.3 Å². The Hall–Kier alpha value is -0.350. The van der Waals surface area contributed by atoms with Crippen LogP contribution >= 0.6 is 46.4 Å². The van der Waals surface area contributed by atoms with Gasteiger partial charge in [0, 0.05) is 5.69 Å². The number of anilines is 1. The van der Waals surface area contributed by atoms with E-state index in [1.807, 2.05) is 6.92 Å². The lowest BCUT2D eigenvalue weighted by molar-refractivity contribution is -0.115. The number of ether oxygens (including phenoxy) is 1. The summed E-state index contributed by atoms with van der Waals surface area (Å²) in [6.07, 6.45) is 0. The maximum atomic E-state index is 11.4. The third-order valence-electron chi connectivity index (χ3n) is 1.75. The molecule has 94 valence electrons. The van der Waals surface area contributed by atoms with Crippen LogP contribution in [0.3, 0.4) is 0 Å². The van der Waals surface area contributed by atoms with Gasteiger partial charge >= 0.3 is 0 Å². The zero-order chi connectivity index (χ0) is 13.1. The van der Waals surface area contributed by atoms with E-state index in [1.165, 1.54) is 6.07 Å². The Morgan fingerprint density at radius 1 is 1.41 bits per heavy atom. The molecule has 0 aromatic heterocycles. The first-order valence-electron chi connectivity index (χ1n) is 4.65. The zero-order valence-corrected chi connectivity index (χ0v) is 11.8. The zero-order valence-electron chi connectivity index (χ0n) is 8.77. The number of carbonyl (C=O) groups is 1. The number of benzene rings is 1. The van der Waals surface area contributed by atoms with Gasteiger partial charge in [0.25, 0.3) is 9.70 Å². The number of halogens is 4. The Morgan fingerprint density at radius 3 is 2.53 bits per heavy atom. The molecule has 0 aliphatic carbocycles. The Labute approximate surface area is 119 Å². The molecule has 17 heavy (non-hydrogen) atoms. The van der Waals surface area contributed by atoms with Crippen molar-refractivity contribution in [3.8, 4) is 5.75 Å². The van der Waals surface area contributed by atoms with Crippen molar-refractivity contribution >= 4 is 58.0 Å². The summed E-state index contributed by atoms with van der Waals surface area (Å²) >= 11 is 22.2. The second-order valence-corrected chi connectivity index (χ2v) is 5.72. The highest BCUT2D eigenvalue weighted by atomic mass is 35.6. The van der Waals surface area contributed by atoms with Crippen molar-refractivity contribution in [3.05, 3.63) is 23.2 Å². The van der Waals surface area contributed by atoms with Crippen molar-refractivity contribution < 1.29 is 9.53 Å². The van der Waals surface area contributed by atoms with Gasteiger partial charge in [-0.1, -0.05) is 46.4 Å². The number of carbonyl (C=O) groups excluding carboxylic acids is 1. The summed E-state index contributed by atoms with van der Waals surface area (Å²) < 4.78 is 3.23. The normalized spacial score (nSPS) is 11.1. The van der Waals surface area contributed by atoms with Crippen LogP contribution in [0, 0.1) is 0 Å². The Bertz CT molecular complexity index is 417. The summed E-state index contributed by atoms with van der Waals surface area (Å²) in [5, 5.41) is 2.79. The van der Waals surface area contributed by atoms with Gasteiger partial charge < -0.3 is 10.1 Å². The molecule has 0 aliphatic rings. The molecule has 0 atom stereocenters. The molecule has 0 bridgehead atoms. The quantitative estimate of drug-likeness (QED) is 0.854. The maximum absolute atomic E-state index is 11.4. The lowest BCUT2D eigenvalue weighted by Crippen LogP contribution is -2.26. The Balaban J connectivity index is 2.81. The molecule has 1 N–H and O–H groups in total. The smallest absolute Gasteiger partial charge is 0.276 e. The van der Waals surface area contributed by atoms with Crippen molar-refractivity contribution in [1.29, 1.82) is 0 Å². The first-order chi connectivity index (χ1) is 7.84. The lowest BCUT2D eigenvalue weighted by atomic mass is 10.3. The summed E-state index contributed by atoms with van der Waals surface area (Å²) in [4.78, 5) is 11.4. The second kappa shape index (κ2) is 6.01. The molecular formula is C10H9Cl4NO2. The monoisotopic (exact) mass is 315 g/mol. The fourth-order valence-corrected chi connectivity index (χ4v) is 1.43. The van der Waals surface area contributed by atoms with Crippen LogP contribution in [0.25, 0.3) is 0 Å². The molecule has 0 fully saturated rings. The molecule has 7 heteroatoms. The van der Waals surface area contributed by atoms with Crippen molar-refractivity contribution in [3.63, 3.8) is 0 Å². The van der Waals surface area contributed by atoms with E-state index in [2.05, 4.69) is 5.32 Å². The highest BCUT2D eigenvalue weighted by Crippen LogP contribution is 2.30. The second-order valence-electron chi connectivity index (χ2n) is 3.03. The topological polar surface area (TPSA) is 38.3 Å². The molecule has 1 aromatic rings. The van der Waals surface area contributed by atoms with Crippen molar-refractivity contribution in [2.45, 2.75) is 10.7 Å². The fraction of sp³-hybridized carbons (Fsp3) is 0.300. The van der Waals surface area contributed by atoms with Gasteiger partial charge in [0.05, 0.1) is 11.6 Å². The molecule has 0 radical (unpaired) electrons. The van der Waals surface area contributed by atoms with Gasteiger partial charge in [0.15, 0.2) is 0 Å². The Kier molecular flexibility index (Phi) is 5.20. The van der Waals surface area contributed by atoms with Gasteiger partial charge in [-0.25, -0.2) is 0 Å². The van der Waals surface area contributed by atoms with Crippen LogP contribution in [-0.2, 0) is 4.79 Å². The molecular weight excluding hydrogens is 308 g/mol. The van der Waals surface area contributed by atoms with E-state index in [-0.39, 0.29) is 0 Å². The third kappa shape index (κ3) is 4.43. The van der Waals surface area contributed by atoms with Gasteiger partial charge in [-0.05, 0) is 25.1 Å². The fourth-order valence-electron chi connectivity index (χ4n) is 1.05. The summed E-state index contributed by atoms with van der Waals surface area (Å²) in [6, 6.07) is 4.74. The van der Waals surface area contributed by atoms with E-state index in [4.69, 9.17) is 51.1 Å². The minimum absolute atomic E-state index is 0.369. The summed E-state index contributed by atoms with van der Waals surface area (Å²) in [6.45, 7) is 2.34. The molecule has 0 saturated heterocycles. The van der Waals surface area contributed by atoms with E-state index in [0.29, 0.717) is 23.1 Å². The third-order valence-corrected chi connectivity index (χ3v) is 2.56. The molecule has 1 amide bonds. The number of alkyl halides is 3. The van der Waals surface area contributed by atoms with E-state index in [9.17, 15) is 4.79 Å². The largest absolute Gasteiger partial charge is 0.492 e. The summed E-state index contributed by atoms with van der Waals surface area (Å²) in [5.74, 6) is -0.219. The van der Waals surface area contributed by atoms with Crippen molar-refractivity contribution in [2.24, 2.45) is 0 Å². The molecule has 1 aromatic carbocycles. The number of rotatable bonds is 3. The molecule has 1 rings (SSSR count). The molecule has 0 saturated carbocycles. The van der Waals surface area contributed by atoms with Crippen molar-refractivity contribution in [1.82, 2.24) is 0 Å². The molecule has 3 nitrogen and oxygen atoms in total. The highest BCUT2D eigenvalue weighted by molar-refractivity contribution is 6.76. The van der Waals surface area contributed by atoms with Gasteiger partial charge in [-0.2, -0.15) is 0 Å². The van der Waals surface area contributed by atoms with Gasteiger partial charge in [0.1, 0.15) is 5.75 Å². The molecule has 0 unspecified atom stereocenters. The van der Waals surface area contributed by atoms with Gasteiger partial charge in [-0.3, -0.25) is 4.79 Å². The Morgan fingerprint density at radius 2 is 2.06 bits per heavy atom. The average molecular weight is 317 g/mol. The first kappa shape index (κ1) is 14.7. The average Bonchev–Trinajstić information content (AvgIpc) is 2.21. The highest BCUT2D eigenvalue weighted by Gasteiger charge is 2.30. The van der Waals surface area contributed by atoms with Crippen LogP contribution in [0.2, 0.25) is 5.02 Å². The number of hydrogen-bond donors (Lipinski definition) is 1.